The molecule has 74 valence electrons. The zero-order chi connectivity index (χ0) is 9.68. The first kappa shape index (κ1) is 10.7. The highest BCUT2D eigenvalue weighted by molar-refractivity contribution is 7.10. The average Bonchev–Trinajstić information content (AvgIpc) is 2.65. The number of unbranched alkanes of at least 4 members (excludes halogenated alkanes) is 1. The van der Waals surface area contributed by atoms with Gasteiger partial charge in [0.1, 0.15) is 6.10 Å². The molecule has 2 N–H and O–H groups in total. The largest absolute Gasteiger partial charge is 0.390 e. The van der Waals surface area contributed by atoms with Gasteiger partial charge in [-0.05, 0) is 17.9 Å². The second-order valence-corrected chi connectivity index (χ2v) is 4.15. The Morgan fingerprint density at radius 1 is 1.46 bits per heavy atom. The van der Waals surface area contributed by atoms with E-state index in [2.05, 4.69) is 6.92 Å². The third kappa shape index (κ3) is 3.10. The molecule has 1 heterocycles. The van der Waals surface area contributed by atoms with E-state index in [-0.39, 0.29) is 0 Å². The predicted molar refractivity (Wildman–Crippen MR) is 54.8 cm³/mol. The van der Waals surface area contributed by atoms with Crippen LogP contribution in [0.1, 0.15) is 37.2 Å². The summed E-state index contributed by atoms with van der Waals surface area (Å²) in [5, 5.41) is 21.2. The fourth-order valence-corrected chi connectivity index (χ4v) is 1.99. The molecule has 0 bridgehead atoms. The van der Waals surface area contributed by atoms with Crippen LogP contribution in [0.2, 0.25) is 0 Å². The topological polar surface area (TPSA) is 40.5 Å². The maximum absolute atomic E-state index is 9.66. The summed E-state index contributed by atoms with van der Waals surface area (Å²) in [4.78, 5) is 0.851. The summed E-state index contributed by atoms with van der Waals surface area (Å²) in [6.07, 6.45) is 1.37. The van der Waals surface area contributed by atoms with E-state index in [1.807, 2.05) is 17.5 Å². The van der Waals surface area contributed by atoms with Crippen LogP contribution in [0.25, 0.3) is 0 Å². The van der Waals surface area contributed by atoms with Gasteiger partial charge < -0.3 is 10.2 Å². The molecule has 0 radical (unpaired) electrons. The molecule has 1 aromatic rings. The van der Waals surface area contributed by atoms with Crippen LogP contribution in [0.4, 0.5) is 0 Å². The lowest BCUT2D eigenvalue weighted by Crippen LogP contribution is -2.16. The Labute approximate surface area is 82.8 Å². The number of rotatable bonds is 5. The van der Waals surface area contributed by atoms with E-state index in [9.17, 15) is 10.2 Å². The SMILES string of the molecule is CCCCC(O)C(O)c1cccs1. The van der Waals surface area contributed by atoms with Crippen molar-refractivity contribution in [1.29, 1.82) is 0 Å². The van der Waals surface area contributed by atoms with Crippen LogP contribution in [-0.2, 0) is 0 Å². The first-order chi connectivity index (χ1) is 6.25. The molecule has 0 aliphatic rings. The molecular formula is C10H16O2S. The van der Waals surface area contributed by atoms with E-state index in [1.54, 1.807) is 0 Å². The van der Waals surface area contributed by atoms with Crippen molar-refractivity contribution in [3.05, 3.63) is 22.4 Å². The molecular weight excluding hydrogens is 184 g/mol. The quantitative estimate of drug-likeness (QED) is 0.766. The second-order valence-electron chi connectivity index (χ2n) is 3.17. The summed E-state index contributed by atoms with van der Waals surface area (Å²) < 4.78 is 0. The van der Waals surface area contributed by atoms with Crippen LogP contribution in [0, 0.1) is 0 Å². The summed E-state index contributed by atoms with van der Waals surface area (Å²) in [5.41, 5.74) is 0. The number of hydrogen-bond acceptors (Lipinski definition) is 3. The van der Waals surface area contributed by atoms with Crippen molar-refractivity contribution in [3.8, 4) is 0 Å². The van der Waals surface area contributed by atoms with E-state index in [1.165, 1.54) is 11.3 Å². The van der Waals surface area contributed by atoms with Crippen LogP contribution in [0.15, 0.2) is 17.5 Å². The van der Waals surface area contributed by atoms with Crippen LogP contribution >= 0.6 is 11.3 Å². The van der Waals surface area contributed by atoms with Gasteiger partial charge in [-0.25, -0.2) is 0 Å². The summed E-state index contributed by atoms with van der Waals surface area (Å²) in [7, 11) is 0. The smallest absolute Gasteiger partial charge is 0.114 e. The van der Waals surface area contributed by atoms with Gasteiger partial charge in [0.25, 0.3) is 0 Å². The van der Waals surface area contributed by atoms with Gasteiger partial charge in [0.15, 0.2) is 0 Å². The van der Waals surface area contributed by atoms with Gasteiger partial charge in [0.2, 0.25) is 0 Å². The van der Waals surface area contributed by atoms with Crippen molar-refractivity contribution >= 4 is 11.3 Å². The van der Waals surface area contributed by atoms with E-state index in [4.69, 9.17) is 0 Å². The monoisotopic (exact) mass is 200 g/mol. The fourth-order valence-electron chi connectivity index (χ4n) is 1.22. The lowest BCUT2D eigenvalue weighted by Gasteiger charge is -2.15. The molecule has 0 amide bonds. The van der Waals surface area contributed by atoms with Gasteiger partial charge in [-0.1, -0.05) is 25.8 Å². The van der Waals surface area contributed by atoms with Crippen molar-refractivity contribution in [2.75, 3.05) is 0 Å². The minimum Gasteiger partial charge on any atom is -0.390 e. The third-order valence-electron chi connectivity index (χ3n) is 2.05. The van der Waals surface area contributed by atoms with Crippen molar-refractivity contribution in [1.82, 2.24) is 0 Å². The average molecular weight is 200 g/mol. The maximum atomic E-state index is 9.66. The standard InChI is InChI=1S/C10H16O2S/c1-2-3-5-8(11)10(12)9-6-4-7-13-9/h4,6-8,10-12H,2-3,5H2,1H3. The lowest BCUT2D eigenvalue weighted by molar-refractivity contribution is 0.0144. The molecule has 0 saturated carbocycles. The Bertz CT molecular complexity index is 221. The molecule has 1 rings (SSSR count). The molecule has 0 fully saturated rings. The predicted octanol–water partition coefficient (Wildman–Crippen LogP) is 2.33. The van der Waals surface area contributed by atoms with Gasteiger partial charge in [-0.3, -0.25) is 0 Å². The zero-order valence-corrected chi connectivity index (χ0v) is 8.63. The molecule has 0 spiro atoms. The first-order valence-corrected chi connectivity index (χ1v) is 5.53. The Kier molecular flexibility index (Phi) is 4.42. The van der Waals surface area contributed by atoms with Crippen LogP contribution in [0.5, 0.6) is 0 Å². The molecule has 2 unspecified atom stereocenters. The number of aliphatic hydroxyl groups excluding tert-OH is 2. The summed E-state index contributed by atoms with van der Waals surface area (Å²) in [6, 6.07) is 3.74. The third-order valence-corrected chi connectivity index (χ3v) is 3.00. The molecule has 13 heavy (non-hydrogen) atoms. The molecule has 0 aromatic carbocycles. The van der Waals surface area contributed by atoms with Crippen LogP contribution < -0.4 is 0 Å². The molecule has 0 saturated heterocycles. The lowest BCUT2D eigenvalue weighted by atomic mass is 10.1. The Balaban J connectivity index is 2.43. The van der Waals surface area contributed by atoms with Crippen molar-refractivity contribution < 1.29 is 10.2 Å². The Hall–Kier alpha value is -0.380. The van der Waals surface area contributed by atoms with Gasteiger partial charge in [-0.15, -0.1) is 11.3 Å². The number of hydrogen-bond donors (Lipinski definition) is 2. The highest BCUT2D eigenvalue weighted by atomic mass is 32.1. The van der Waals surface area contributed by atoms with Crippen molar-refractivity contribution in [2.24, 2.45) is 0 Å². The van der Waals surface area contributed by atoms with Crippen molar-refractivity contribution in [3.63, 3.8) is 0 Å². The molecule has 2 atom stereocenters. The Morgan fingerprint density at radius 3 is 2.77 bits per heavy atom. The molecule has 0 aliphatic heterocycles. The number of thiophene rings is 1. The Morgan fingerprint density at radius 2 is 2.23 bits per heavy atom. The normalized spacial score (nSPS) is 15.6. The van der Waals surface area contributed by atoms with Gasteiger partial charge in [0.05, 0.1) is 6.10 Å². The highest BCUT2D eigenvalue weighted by Gasteiger charge is 2.17. The van der Waals surface area contributed by atoms with E-state index in [0.29, 0.717) is 6.42 Å². The molecule has 2 nitrogen and oxygen atoms in total. The summed E-state index contributed by atoms with van der Waals surface area (Å²) in [5.74, 6) is 0. The molecule has 3 heteroatoms. The highest BCUT2D eigenvalue weighted by Crippen LogP contribution is 2.24. The maximum Gasteiger partial charge on any atom is 0.114 e. The van der Waals surface area contributed by atoms with E-state index < -0.39 is 12.2 Å². The first-order valence-electron chi connectivity index (χ1n) is 4.65. The number of aliphatic hydroxyl groups is 2. The van der Waals surface area contributed by atoms with E-state index in [0.717, 1.165) is 17.7 Å². The summed E-state index contributed by atoms with van der Waals surface area (Å²) >= 11 is 1.48. The minimum absolute atomic E-state index is 0.612. The van der Waals surface area contributed by atoms with E-state index >= 15 is 0 Å². The minimum atomic E-state index is -0.702. The van der Waals surface area contributed by atoms with Gasteiger partial charge in [0, 0.05) is 4.88 Å². The molecule has 1 aromatic heterocycles. The zero-order valence-electron chi connectivity index (χ0n) is 7.81. The summed E-state index contributed by atoms with van der Waals surface area (Å²) in [6.45, 7) is 2.07. The fraction of sp³-hybridized carbons (Fsp3) is 0.600. The molecule has 0 aliphatic carbocycles. The van der Waals surface area contributed by atoms with Crippen LogP contribution in [0.3, 0.4) is 0 Å². The van der Waals surface area contributed by atoms with Crippen molar-refractivity contribution in [2.45, 2.75) is 38.4 Å². The van der Waals surface area contributed by atoms with Gasteiger partial charge in [-0.2, -0.15) is 0 Å². The van der Waals surface area contributed by atoms with Crippen LogP contribution in [-0.4, -0.2) is 16.3 Å². The second kappa shape index (κ2) is 5.37. The van der Waals surface area contributed by atoms with Gasteiger partial charge >= 0.3 is 0 Å².